The topological polar surface area (TPSA) is 38.3 Å². The van der Waals surface area contributed by atoms with Crippen molar-refractivity contribution in [2.45, 2.75) is 39.0 Å². The highest BCUT2D eigenvalue weighted by Gasteiger charge is 2.15. The number of hydrogen-bond donors (Lipinski definition) is 1. The molecule has 0 saturated heterocycles. The molecule has 2 aromatic rings. The van der Waals surface area contributed by atoms with Crippen LogP contribution in [0.4, 0.5) is 0 Å². The van der Waals surface area contributed by atoms with E-state index in [0.29, 0.717) is 12.3 Å². The van der Waals surface area contributed by atoms with Crippen molar-refractivity contribution >= 4 is 21.8 Å². The van der Waals surface area contributed by atoms with Gasteiger partial charge < -0.3 is 10.1 Å². The van der Waals surface area contributed by atoms with Crippen LogP contribution < -0.4 is 10.1 Å². The fourth-order valence-corrected chi connectivity index (χ4v) is 2.94. The van der Waals surface area contributed by atoms with Crippen LogP contribution in [-0.4, -0.2) is 19.1 Å². The lowest BCUT2D eigenvalue weighted by atomic mass is 9.87. The van der Waals surface area contributed by atoms with E-state index in [1.165, 1.54) is 11.1 Å². The molecule has 25 heavy (non-hydrogen) atoms. The van der Waals surface area contributed by atoms with Gasteiger partial charge in [0.05, 0.1) is 4.47 Å². The summed E-state index contributed by atoms with van der Waals surface area (Å²) in [5, 5.41) is 2.90. The molecule has 0 radical (unpaired) electrons. The highest BCUT2D eigenvalue weighted by Crippen LogP contribution is 2.31. The molecule has 1 amide bonds. The van der Waals surface area contributed by atoms with Gasteiger partial charge in [0.1, 0.15) is 5.75 Å². The highest BCUT2D eigenvalue weighted by atomic mass is 79.9. The summed E-state index contributed by atoms with van der Waals surface area (Å²) in [5.41, 5.74) is 2.59. The Hall–Kier alpha value is -1.81. The molecule has 0 aliphatic rings. The van der Waals surface area contributed by atoms with Gasteiger partial charge in [-0.25, -0.2) is 0 Å². The Kier molecular flexibility index (Phi) is 7.06. The number of rotatable bonds is 7. The lowest BCUT2D eigenvalue weighted by Crippen LogP contribution is -2.30. The van der Waals surface area contributed by atoms with Crippen LogP contribution in [0.15, 0.2) is 53.0 Å². The summed E-state index contributed by atoms with van der Waals surface area (Å²) in [7, 11) is 0. The largest absolute Gasteiger partial charge is 0.483 e. The molecule has 0 spiro atoms. The molecular formula is C21H26BrNO2. The molecule has 0 unspecified atom stereocenters. The van der Waals surface area contributed by atoms with Gasteiger partial charge in [-0.3, -0.25) is 4.79 Å². The number of amides is 1. The minimum atomic E-state index is -0.0974. The van der Waals surface area contributed by atoms with E-state index in [1.54, 1.807) is 0 Å². The molecule has 0 aliphatic carbocycles. The molecule has 134 valence electrons. The van der Waals surface area contributed by atoms with Crippen LogP contribution in [0.3, 0.4) is 0 Å². The predicted molar refractivity (Wildman–Crippen MR) is 106 cm³/mol. The maximum Gasteiger partial charge on any atom is 0.257 e. The number of ether oxygens (including phenoxy) is 1. The van der Waals surface area contributed by atoms with E-state index in [0.717, 1.165) is 17.3 Å². The fourth-order valence-electron chi connectivity index (χ4n) is 2.44. The number of carbonyl (C=O) groups is 1. The second-order valence-electron chi connectivity index (χ2n) is 7.12. The van der Waals surface area contributed by atoms with Crippen molar-refractivity contribution in [2.75, 3.05) is 13.2 Å². The minimum absolute atomic E-state index is 0.0266. The van der Waals surface area contributed by atoms with Crippen molar-refractivity contribution in [2.24, 2.45) is 0 Å². The van der Waals surface area contributed by atoms with Crippen LogP contribution in [0.25, 0.3) is 0 Å². The standard InChI is InChI=1S/C21H26BrNO2/c1-21(2,3)17-11-12-19(18(22)14-17)25-15-20(24)23-13-7-10-16-8-5-4-6-9-16/h4-6,8-9,11-12,14H,7,10,13,15H2,1-3H3,(H,23,24). The first-order valence-corrected chi connectivity index (χ1v) is 9.39. The van der Waals surface area contributed by atoms with Gasteiger partial charge in [-0.1, -0.05) is 57.2 Å². The number of hydrogen-bond acceptors (Lipinski definition) is 2. The normalized spacial score (nSPS) is 11.2. The van der Waals surface area contributed by atoms with Crippen molar-refractivity contribution in [1.82, 2.24) is 5.32 Å². The first-order chi connectivity index (χ1) is 11.9. The van der Waals surface area contributed by atoms with Crippen LogP contribution in [0.1, 0.15) is 38.3 Å². The van der Waals surface area contributed by atoms with Gasteiger partial charge in [0.25, 0.3) is 5.91 Å². The second kappa shape index (κ2) is 9.04. The molecular weight excluding hydrogens is 378 g/mol. The van der Waals surface area contributed by atoms with E-state index in [-0.39, 0.29) is 17.9 Å². The maximum absolute atomic E-state index is 11.9. The van der Waals surface area contributed by atoms with Crippen LogP contribution in [0.2, 0.25) is 0 Å². The third-order valence-corrected chi connectivity index (χ3v) is 4.58. The van der Waals surface area contributed by atoms with Gasteiger partial charge in [0, 0.05) is 6.54 Å². The van der Waals surface area contributed by atoms with Gasteiger partial charge in [-0.2, -0.15) is 0 Å². The summed E-state index contributed by atoms with van der Waals surface area (Å²) in [6.45, 7) is 7.18. The Morgan fingerprint density at radius 1 is 1.12 bits per heavy atom. The monoisotopic (exact) mass is 403 g/mol. The summed E-state index contributed by atoms with van der Waals surface area (Å²) in [6.07, 6.45) is 1.88. The molecule has 0 aromatic heterocycles. The Labute approximate surface area is 158 Å². The molecule has 0 fully saturated rings. The fraction of sp³-hybridized carbons (Fsp3) is 0.381. The maximum atomic E-state index is 11.9. The third kappa shape index (κ3) is 6.54. The van der Waals surface area contributed by atoms with E-state index in [2.05, 4.69) is 54.2 Å². The van der Waals surface area contributed by atoms with Crippen LogP contribution in [0.5, 0.6) is 5.75 Å². The minimum Gasteiger partial charge on any atom is -0.483 e. The first-order valence-electron chi connectivity index (χ1n) is 8.60. The predicted octanol–water partition coefficient (Wildman–Crippen LogP) is 4.87. The quantitative estimate of drug-likeness (QED) is 0.669. The zero-order chi connectivity index (χ0) is 18.3. The van der Waals surface area contributed by atoms with Gasteiger partial charge in [-0.05, 0) is 57.4 Å². The van der Waals surface area contributed by atoms with Gasteiger partial charge in [0.15, 0.2) is 6.61 Å². The van der Waals surface area contributed by atoms with Crippen molar-refractivity contribution in [3.63, 3.8) is 0 Å². The number of carbonyl (C=O) groups excluding carboxylic acids is 1. The SMILES string of the molecule is CC(C)(C)c1ccc(OCC(=O)NCCCc2ccccc2)c(Br)c1. The molecule has 0 atom stereocenters. The highest BCUT2D eigenvalue weighted by molar-refractivity contribution is 9.10. The molecule has 2 aromatic carbocycles. The third-order valence-electron chi connectivity index (χ3n) is 3.96. The van der Waals surface area contributed by atoms with Crippen LogP contribution in [-0.2, 0) is 16.6 Å². The summed E-state index contributed by atoms with van der Waals surface area (Å²) in [4.78, 5) is 11.9. The second-order valence-corrected chi connectivity index (χ2v) is 7.98. The van der Waals surface area contributed by atoms with Crippen molar-refractivity contribution in [1.29, 1.82) is 0 Å². The average Bonchev–Trinajstić information content (AvgIpc) is 2.57. The lowest BCUT2D eigenvalue weighted by molar-refractivity contribution is -0.123. The van der Waals surface area contributed by atoms with Crippen LogP contribution in [0, 0.1) is 0 Å². The lowest BCUT2D eigenvalue weighted by Gasteiger charge is -2.20. The molecule has 0 heterocycles. The number of aryl methyl sites for hydroxylation is 1. The Morgan fingerprint density at radius 2 is 1.84 bits per heavy atom. The molecule has 0 bridgehead atoms. The first kappa shape index (κ1) is 19.5. The number of nitrogens with one attached hydrogen (secondary N) is 1. The van der Waals surface area contributed by atoms with Gasteiger partial charge in [0.2, 0.25) is 0 Å². The van der Waals surface area contributed by atoms with E-state index >= 15 is 0 Å². The van der Waals surface area contributed by atoms with E-state index in [1.807, 2.05) is 36.4 Å². The number of halogens is 1. The molecule has 0 aliphatic heterocycles. The molecule has 4 heteroatoms. The van der Waals surface area contributed by atoms with Gasteiger partial charge in [-0.15, -0.1) is 0 Å². The molecule has 0 saturated carbocycles. The Bertz CT molecular complexity index is 693. The summed E-state index contributed by atoms with van der Waals surface area (Å²) < 4.78 is 6.49. The van der Waals surface area contributed by atoms with Crippen molar-refractivity contribution in [3.05, 3.63) is 64.1 Å². The van der Waals surface area contributed by atoms with Crippen molar-refractivity contribution < 1.29 is 9.53 Å². The van der Waals surface area contributed by atoms with E-state index in [4.69, 9.17) is 4.74 Å². The zero-order valence-electron chi connectivity index (χ0n) is 15.1. The van der Waals surface area contributed by atoms with E-state index in [9.17, 15) is 4.79 Å². The molecule has 3 nitrogen and oxygen atoms in total. The van der Waals surface area contributed by atoms with Crippen LogP contribution >= 0.6 is 15.9 Å². The average molecular weight is 404 g/mol. The van der Waals surface area contributed by atoms with E-state index < -0.39 is 0 Å². The molecule has 2 rings (SSSR count). The smallest absolute Gasteiger partial charge is 0.257 e. The Balaban J connectivity index is 1.73. The van der Waals surface area contributed by atoms with Gasteiger partial charge >= 0.3 is 0 Å². The Morgan fingerprint density at radius 3 is 2.48 bits per heavy atom. The summed E-state index contributed by atoms with van der Waals surface area (Å²) in [5.74, 6) is 0.590. The molecule has 1 N–H and O–H groups in total. The van der Waals surface area contributed by atoms with Crippen molar-refractivity contribution in [3.8, 4) is 5.75 Å². The number of benzene rings is 2. The zero-order valence-corrected chi connectivity index (χ0v) is 16.7. The summed E-state index contributed by atoms with van der Waals surface area (Å²) in [6, 6.07) is 16.3. The summed E-state index contributed by atoms with van der Waals surface area (Å²) >= 11 is 3.52.